The summed E-state index contributed by atoms with van der Waals surface area (Å²) in [4.78, 5) is 24.5. The van der Waals surface area contributed by atoms with Crippen molar-refractivity contribution in [3.05, 3.63) is 115 Å². The summed E-state index contributed by atoms with van der Waals surface area (Å²) in [7, 11) is 0. The number of nitrogens with one attached hydrogen (secondary N) is 1. The van der Waals surface area contributed by atoms with Gasteiger partial charge < -0.3 is 10.1 Å². The Kier molecular flexibility index (Phi) is 6.63. The average molecular weight is 422 g/mol. The molecule has 0 amide bonds. The van der Waals surface area contributed by atoms with Crippen LogP contribution in [-0.4, -0.2) is 20.7 Å². The van der Waals surface area contributed by atoms with E-state index in [9.17, 15) is 4.79 Å². The smallest absolute Gasteiger partial charge is 0.159 e. The molecule has 4 rings (SSSR count). The second-order valence-electron chi connectivity index (χ2n) is 7.15. The third-order valence-corrected chi connectivity index (χ3v) is 4.70. The molecule has 4 aromatic rings. The van der Waals surface area contributed by atoms with Gasteiger partial charge in [-0.25, -0.2) is 15.0 Å². The average Bonchev–Trinajstić information content (AvgIpc) is 2.82. The second-order valence-corrected chi connectivity index (χ2v) is 7.15. The summed E-state index contributed by atoms with van der Waals surface area (Å²) in [5.74, 6) is 2.86. The molecule has 6 heteroatoms. The first kappa shape index (κ1) is 20.9. The van der Waals surface area contributed by atoms with Gasteiger partial charge in [-0.3, -0.25) is 4.79 Å². The van der Waals surface area contributed by atoms with Crippen molar-refractivity contribution in [2.45, 2.75) is 12.8 Å². The standard InChI is InChI=1S/C26H22N4O2/c1-2-22(31)15-20-10-13-25(27-17-20)30-26-16-21(28-18-29-26)14-19-8-11-24(12-9-19)32-23-6-4-3-5-7-23/h2-13,16-18H,1,14-15H2,(H,27,28,29,30). The van der Waals surface area contributed by atoms with Gasteiger partial charge in [0.05, 0.1) is 5.69 Å². The number of carbonyl (C=O) groups excluding carboxylic acids is 1. The number of rotatable bonds is 9. The Balaban J connectivity index is 1.37. The zero-order valence-electron chi connectivity index (χ0n) is 17.4. The molecular weight excluding hydrogens is 400 g/mol. The fourth-order valence-corrected chi connectivity index (χ4v) is 3.08. The minimum Gasteiger partial charge on any atom is -0.457 e. The molecule has 0 bridgehead atoms. The van der Waals surface area contributed by atoms with Crippen molar-refractivity contribution in [2.75, 3.05) is 5.32 Å². The van der Waals surface area contributed by atoms with Gasteiger partial charge >= 0.3 is 0 Å². The molecule has 2 aromatic carbocycles. The minimum absolute atomic E-state index is 0.0346. The van der Waals surface area contributed by atoms with Gasteiger partial charge in [0, 0.05) is 25.1 Å². The lowest BCUT2D eigenvalue weighted by Crippen LogP contribution is -2.01. The van der Waals surface area contributed by atoms with E-state index in [2.05, 4.69) is 26.8 Å². The van der Waals surface area contributed by atoms with Crippen molar-refractivity contribution in [3.8, 4) is 11.5 Å². The molecule has 32 heavy (non-hydrogen) atoms. The van der Waals surface area contributed by atoms with Gasteiger partial charge in [0.2, 0.25) is 0 Å². The van der Waals surface area contributed by atoms with E-state index >= 15 is 0 Å². The molecule has 0 atom stereocenters. The van der Waals surface area contributed by atoms with E-state index in [-0.39, 0.29) is 5.78 Å². The fourth-order valence-electron chi connectivity index (χ4n) is 3.08. The molecule has 2 heterocycles. The summed E-state index contributed by atoms with van der Waals surface area (Å²) in [6, 6.07) is 23.2. The first-order chi connectivity index (χ1) is 15.7. The fraction of sp³-hybridized carbons (Fsp3) is 0.0769. The van der Waals surface area contributed by atoms with Gasteiger partial charge in [0.1, 0.15) is 29.5 Å². The molecule has 2 aromatic heterocycles. The Hall–Kier alpha value is -4.32. The van der Waals surface area contributed by atoms with Gasteiger partial charge in [-0.1, -0.05) is 43.0 Å². The maximum absolute atomic E-state index is 11.5. The minimum atomic E-state index is -0.0346. The van der Waals surface area contributed by atoms with E-state index in [0.717, 1.165) is 28.3 Å². The van der Waals surface area contributed by atoms with E-state index in [1.165, 1.54) is 12.4 Å². The number of benzene rings is 2. The summed E-state index contributed by atoms with van der Waals surface area (Å²) in [6.07, 6.45) is 5.48. The summed E-state index contributed by atoms with van der Waals surface area (Å²) in [6.45, 7) is 3.49. The van der Waals surface area contributed by atoms with Gasteiger partial charge in [-0.05, 0) is 47.5 Å². The van der Waals surface area contributed by atoms with Crippen LogP contribution in [0, 0.1) is 0 Å². The Morgan fingerprint density at radius 2 is 1.62 bits per heavy atom. The number of aromatic nitrogens is 3. The molecule has 0 saturated heterocycles. The van der Waals surface area contributed by atoms with Gasteiger partial charge in [0.25, 0.3) is 0 Å². The summed E-state index contributed by atoms with van der Waals surface area (Å²) >= 11 is 0. The number of hydrogen-bond acceptors (Lipinski definition) is 6. The van der Waals surface area contributed by atoms with Crippen molar-refractivity contribution in [1.29, 1.82) is 0 Å². The summed E-state index contributed by atoms with van der Waals surface area (Å²) in [5, 5.41) is 3.17. The number of pyridine rings is 1. The zero-order chi connectivity index (χ0) is 22.2. The Labute approximate surface area is 186 Å². The van der Waals surface area contributed by atoms with Crippen molar-refractivity contribution in [1.82, 2.24) is 15.0 Å². The number of para-hydroxylation sites is 1. The number of carbonyl (C=O) groups is 1. The van der Waals surface area contributed by atoms with E-state index in [0.29, 0.717) is 24.5 Å². The molecule has 0 aliphatic carbocycles. The van der Waals surface area contributed by atoms with Crippen LogP contribution in [-0.2, 0) is 17.6 Å². The summed E-state index contributed by atoms with van der Waals surface area (Å²) < 4.78 is 5.84. The molecule has 0 unspecified atom stereocenters. The number of allylic oxidation sites excluding steroid dienone is 1. The maximum atomic E-state index is 11.5. The number of nitrogens with zero attached hydrogens (tertiary/aromatic N) is 3. The van der Waals surface area contributed by atoms with Crippen LogP contribution >= 0.6 is 0 Å². The van der Waals surface area contributed by atoms with E-state index < -0.39 is 0 Å². The largest absolute Gasteiger partial charge is 0.457 e. The molecular formula is C26H22N4O2. The molecule has 158 valence electrons. The maximum Gasteiger partial charge on any atom is 0.159 e. The Morgan fingerprint density at radius 1 is 0.875 bits per heavy atom. The van der Waals surface area contributed by atoms with Gasteiger partial charge in [-0.2, -0.15) is 0 Å². The highest BCUT2D eigenvalue weighted by atomic mass is 16.5. The predicted octanol–water partition coefficient (Wildman–Crippen LogP) is 5.30. The van der Waals surface area contributed by atoms with Crippen LogP contribution in [0.5, 0.6) is 11.5 Å². The third-order valence-electron chi connectivity index (χ3n) is 4.70. The number of ether oxygens (including phenoxy) is 1. The highest BCUT2D eigenvalue weighted by molar-refractivity contribution is 5.90. The lowest BCUT2D eigenvalue weighted by Gasteiger charge is -2.08. The van der Waals surface area contributed by atoms with Crippen LogP contribution in [0.2, 0.25) is 0 Å². The normalized spacial score (nSPS) is 10.4. The Morgan fingerprint density at radius 3 is 2.34 bits per heavy atom. The number of ketones is 1. The Bertz CT molecular complexity index is 1190. The predicted molar refractivity (Wildman–Crippen MR) is 124 cm³/mol. The molecule has 6 nitrogen and oxygen atoms in total. The van der Waals surface area contributed by atoms with Crippen molar-refractivity contribution in [3.63, 3.8) is 0 Å². The molecule has 1 N–H and O–H groups in total. The summed E-state index contributed by atoms with van der Waals surface area (Å²) in [5.41, 5.74) is 2.83. The first-order valence-corrected chi connectivity index (χ1v) is 10.2. The molecule has 0 aliphatic rings. The van der Waals surface area contributed by atoms with Crippen LogP contribution in [0.15, 0.2) is 98.0 Å². The van der Waals surface area contributed by atoms with Crippen LogP contribution in [0.25, 0.3) is 0 Å². The molecule has 0 spiro atoms. The van der Waals surface area contributed by atoms with Gasteiger partial charge in [-0.15, -0.1) is 0 Å². The topological polar surface area (TPSA) is 77.0 Å². The van der Waals surface area contributed by atoms with E-state index in [1.807, 2.05) is 72.8 Å². The molecule has 0 fully saturated rings. The monoisotopic (exact) mass is 422 g/mol. The molecule has 0 saturated carbocycles. The quantitative estimate of drug-likeness (QED) is 0.369. The lowest BCUT2D eigenvalue weighted by molar-refractivity contribution is -0.114. The van der Waals surface area contributed by atoms with Crippen LogP contribution in [0.1, 0.15) is 16.8 Å². The zero-order valence-corrected chi connectivity index (χ0v) is 17.4. The number of anilines is 2. The van der Waals surface area contributed by atoms with Crippen molar-refractivity contribution >= 4 is 17.4 Å². The third kappa shape index (κ3) is 5.86. The van der Waals surface area contributed by atoms with Crippen LogP contribution in [0.3, 0.4) is 0 Å². The van der Waals surface area contributed by atoms with Crippen molar-refractivity contribution < 1.29 is 9.53 Å². The van der Waals surface area contributed by atoms with E-state index in [1.54, 1.807) is 6.20 Å². The lowest BCUT2D eigenvalue weighted by atomic mass is 10.1. The van der Waals surface area contributed by atoms with Gasteiger partial charge in [0.15, 0.2) is 5.78 Å². The SMILES string of the molecule is C=CC(=O)Cc1ccc(Nc2cc(Cc3ccc(Oc4ccccc4)cc3)ncn2)nc1. The van der Waals surface area contributed by atoms with Crippen molar-refractivity contribution in [2.24, 2.45) is 0 Å². The number of hydrogen-bond donors (Lipinski definition) is 1. The van der Waals surface area contributed by atoms with Crippen LogP contribution < -0.4 is 10.1 Å². The second kappa shape index (κ2) is 10.1. The van der Waals surface area contributed by atoms with E-state index in [4.69, 9.17) is 4.74 Å². The highest BCUT2D eigenvalue weighted by Gasteiger charge is 2.05. The highest BCUT2D eigenvalue weighted by Crippen LogP contribution is 2.22. The molecule has 0 aliphatic heterocycles. The molecule has 0 radical (unpaired) electrons. The van der Waals surface area contributed by atoms with Crippen LogP contribution in [0.4, 0.5) is 11.6 Å². The first-order valence-electron chi connectivity index (χ1n) is 10.2.